The summed E-state index contributed by atoms with van der Waals surface area (Å²) in [6.07, 6.45) is 1.80. The number of benzene rings is 1. The maximum Gasteiger partial charge on any atom is 0.282 e. The fourth-order valence-corrected chi connectivity index (χ4v) is 1.76. The first-order valence-electron chi connectivity index (χ1n) is 5.64. The minimum atomic E-state index is -0.623. The van der Waals surface area contributed by atoms with E-state index in [1.54, 1.807) is 0 Å². The molecule has 0 saturated heterocycles. The number of nitro benzene ring substituents is 1. The van der Waals surface area contributed by atoms with Crippen LogP contribution in [0.2, 0.25) is 5.02 Å². The molecule has 0 spiro atoms. The standard InChI is InChI=1S/C11H10ClN5O3/c12-7-1-2-9(17(19)20)8(5-7)11(18)13-4-3-10-14-6-15-16-10/h1-2,5-6H,3-4H2,(H,13,18)(H,14,15,16). The molecule has 0 fully saturated rings. The highest BCUT2D eigenvalue weighted by atomic mass is 35.5. The average molecular weight is 296 g/mol. The van der Waals surface area contributed by atoms with Gasteiger partial charge in [-0.15, -0.1) is 0 Å². The number of H-pyrrole nitrogens is 1. The number of carbonyl (C=O) groups is 1. The molecular weight excluding hydrogens is 286 g/mol. The first-order chi connectivity index (χ1) is 9.58. The minimum absolute atomic E-state index is 0.0694. The zero-order valence-corrected chi connectivity index (χ0v) is 10.9. The molecule has 2 aromatic rings. The summed E-state index contributed by atoms with van der Waals surface area (Å²) in [5, 5.41) is 20.0. The van der Waals surface area contributed by atoms with Crippen molar-refractivity contribution in [2.75, 3.05) is 6.54 Å². The molecule has 1 heterocycles. The fourth-order valence-electron chi connectivity index (χ4n) is 1.59. The fraction of sp³-hybridized carbons (Fsp3) is 0.182. The van der Waals surface area contributed by atoms with Crippen LogP contribution in [0.4, 0.5) is 5.69 Å². The molecule has 2 N–H and O–H groups in total. The SMILES string of the molecule is O=C(NCCc1ncn[nH]1)c1cc(Cl)ccc1[N+](=O)[O-]. The summed E-state index contributed by atoms with van der Waals surface area (Å²) in [6, 6.07) is 3.84. The largest absolute Gasteiger partial charge is 0.351 e. The van der Waals surface area contributed by atoms with Crippen molar-refractivity contribution in [1.82, 2.24) is 20.5 Å². The van der Waals surface area contributed by atoms with E-state index in [0.29, 0.717) is 12.2 Å². The molecular formula is C11H10ClN5O3. The summed E-state index contributed by atoms with van der Waals surface area (Å²) < 4.78 is 0. The van der Waals surface area contributed by atoms with E-state index < -0.39 is 10.8 Å². The number of nitrogens with zero attached hydrogens (tertiary/aromatic N) is 3. The van der Waals surface area contributed by atoms with E-state index in [0.717, 1.165) is 0 Å². The van der Waals surface area contributed by atoms with E-state index >= 15 is 0 Å². The lowest BCUT2D eigenvalue weighted by Crippen LogP contribution is -2.26. The predicted molar refractivity (Wildman–Crippen MR) is 70.5 cm³/mol. The van der Waals surface area contributed by atoms with Gasteiger partial charge in [0.25, 0.3) is 11.6 Å². The average Bonchev–Trinajstić information content (AvgIpc) is 2.91. The second kappa shape index (κ2) is 6.11. The lowest BCUT2D eigenvalue weighted by Gasteiger charge is -2.05. The summed E-state index contributed by atoms with van der Waals surface area (Å²) in [4.78, 5) is 26.1. The number of nitrogens with one attached hydrogen (secondary N) is 2. The number of rotatable bonds is 5. The first-order valence-corrected chi connectivity index (χ1v) is 6.02. The van der Waals surface area contributed by atoms with Crippen LogP contribution < -0.4 is 5.32 Å². The van der Waals surface area contributed by atoms with E-state index in [-0.39, 0.29) is 22.8 Å². The van der Waals surface area contributed by atoms with Crippen molar-refractivity contribution in [1.29, 1.82) is 0 Å². The Morgan fingerprint density at radius 2 is 2.30 bits per heavy atom. The third-order valence-corrected chi connectivity index (χ3v) is 2.75. The predicted octanol–water partition coefficient (Wildman–Crippen LogP) is 1.34. The van der Waals surface area contributed by atoms with Gasteiger partial charge in [-0.3, -0.25) is 20.0 Å². The second-order valence-corrected chi connectivity index (χ2v) is 4.29. The lowest BCUT2D eigenvalue weighted by atomic mass is 10.1. The van der Waals surface area contributed by atoms with Gasteiger partial charge in [0.15, 0.2) is 0 Å². The summed E-state index contributed by atoms with van der Waals surface area (Å²) in [5.41, 5.74) is -0.355. The molecule has 0 atom stereocenters. The Morgan fingerprint density at radius 3 is 2.95 bits per heavy atom. The molecule has 104 valence electrons. The highest BCUT2D eigenvalue weighted by Gasteiger charge is 2.20. The van der Waals surface area contributed by atoms with Gasteiger partial charge in [0.2, 0.25) is 0 Å². The molecule has 2 rings (SSSR count). The smallest absolute Gasteiger partial charge is 0.282 e. The van der Waals surface area contributed by atoms with Crippen molar-refractivity contribution >= 4 is 23.2 Å². The van der Waals surface area contributed by atoms with E-state index in [9.17, 15) is 14.9 Å². The second-order valence-electron chi connectivity index (χ2n) is 3.86. The van der Waals surface area contributed by atoms with Gasteiger partial charge in [-0.2, -0.15) is 5.10 Å². The maximum absolute atomic E-state index is 11.9. The number of aromatic nitrogens is 3. The van der Waals surface area contributed by atoms with E-state index in [4.69, 9.17) is 11.6 Å². The third kappa shape index (κ3) is 3.29. The monoisotopic (exact) mass is 295 g/mol. The Bertz CT molecular complexity index is 629. The zero-order valence-electron chi connectivity index (χ0n) is 10.2. The van der Waals surface area contributed by atoms with Crippen molar-refractivity contribution in [3.8, 4) is 0 Å². The van der Waals surface area contributed by atoms with Gasteiger partial charge in [0, 0.05) is 24.1 Å². The Hall–Kier alpha value is -2.48. The molecule has 0 unspecified atom stereocenters. The molecule has 0 radical (unpaired) electrons. The number of nitro groups is 1. The quantitative estimate of drug-likeness (QED) is 0.638. The van der Waals surface area contributed by atoms with Crippen LogP contribution in [-0.4, -0.2) is 32.6 Å². The van der Waals surface area contributed by atoms with Crippen LogP contribution in [0.3, 0.4) is 0 Å². The molecule has 1 amide bonds. The molecule has 9 heteroatoms. The Kier molecular flexibility index (Phi) is 4.26. The number of carbonyl (C=O) groups excluding carboxylic acids is 1. The van der Waals surface area contributed by atoms with Crippen molar-refractivity contribution in [3.05, 3.63) is 51.1 Å². The number of amides is 1. The van der Waals surface area contributed by atoms with Crippen LogP contribution in [0.15, 0.2) is 24.5 Å². The highest BCUT2D eigenvalue weighted by molar-refractivity contribution is 6.31. The van der Waals surface area contributed by atoms with Gasteiger partial charge in [-0.25, -0.2) is 4.98 Å². The van der Waals surface area contributed by atoms with Gasteiger partial charge < -0.3 is 5.32 Å². The van der Waals surface area contributed by atoms with Crippen LogP contribution in [0.25, 0.3) is 0 Å². The van der Waals surface area contributed by atoms with Crippen molar-refractivity contribution in [3.63, 3.8) is 0 Å². The topological polar surface area (TPSA) is 114 Å². The number of hydrogen-bond donors (Lipinski definition) is 2. The zero-order chi connectivity index (χ0) is 14.5. The van der Waals surface area contributed by atoms with Crippen molar-refractivity contribution in [2.24, 2.45) is 0 Å². The van der Waals surface area contributed by atoms with Crippen molar-refractivity contribution < 1.29 is 9.72 Å². The lowest BCUT2D eigenvalue weighted by molar-refractivity contribution is -0.385. The first kappa shape index (κ1) is 13.9. The van der Waals surface area contributed by atoms with Crippen LogP contribution in [0, 0.1) is 10.1 Å². The Balaban J connectivity index is 2.05. The number of aromatic amines is 1. The van der Waals surface area contributed by atoms with Gasteiger partial charge in [0.05, 0.1) is 4.92 Å². The number of hydrogen-bond acceptors (Lipinski definition) is 5. The molecule has 0 aliphatic carbocycles. The summed E-state index contributed by atoms with van der Waals surface area (Å²) in [5.74, 6) is 0.0598. The van der Waals surface area contributed by atoms with Crippen molar-refractivity contribution in [2.45, 2.75) is 6.42 Å². The molecule has 1 aromatic heterocycles. The van der Waals surface area contributed by atoms with Gasteiger partial charge in [0.1, 0.15) is 17.7 Å². The molecule has 0 aliphatic rings. The van der Waals surface area contributed by atoms with Crippen LogP contribution in [0.5, 0.6) is 0 Å². The van der Waals surface area contributed by atoms with E-state index in [2.05, 4.69) is 20.5 Å². The van der Waals surface area contributed by atoms with Crippen LogP contribution in [0.1, 0.15) is 16.2 Å². The van der Waals surface area contributed by atoms with E-state index in [1.807, 2.05) is 0 Å². The molecule has 0 aliphatic heterocycles. The molecule has 0 saturated carbocycles. The van der Waals surface area contributed by atoms with Crippen LogP contribution in [-0.2, 0) is 6.42 Å². The Labute approximate surface area is 118 Å². The summed E-state index contributed by atoms with van der Waals surface area (Å²) in [7, 11) is 0. The maximum atomic E-state index is 11.9. The van der Waals surface area contributed by atoms with Crippen LogP contribution >= 0.6 is 11.6 Å². The van der Waals surface area contributed by atoms with E-state index in [1.165, 1.54) is 24.5 Å². The minimum Gasteiger partial charge on any atom is -0.351 e. The molecule has 8 nitrogen and oxygen atoms in total. The molecule has 0 bridgehead atoms. The summed E-state index contributed by atoms with van der Waals surface area (Å²) in [6.45, 7) is 0.275. The molecule has 1 aromatic carbocycles. The molecule has 20 heavy (non-hydrogen) atoms. The third-order valence-electron chi connectivity index (χ3n) is 2.51. The number of halogens is 1. The van der Waals surface area contributed by atoms with Gasteiger partial charge in [-0.05, 0) is 12.1 Å². The van der Waals surface area contributed by atoms with Gasteiger partial charge in [-0.1, -0.05) is 11.6 Å². The normalized spacial score (nSPS) is 10.2. The summed E-state index contributed by atoms with van der Waals surface area (Å²) >= 11 is 5.75. The highest BCUT2D eigenvalue weighted by Crippen LogP contribution is 2.22. The Morgan fingerprint density at radius 1 is 1.50 bits per heavy atom. The van der Waals surface area contributed by atoms with Gasteiger partial charge >= 0.3 is 0 Å².